The van der Waals surface area contributed by atoms with E-state index >= 15 is 0 Å². The Hall–Kier alpha value is -1.89. The quantitative estimate of drug-likeness (QED) is 0.825. The van der Waals surface area contributed by atoms with Gasteiger partial charge in [0.2, 0.25) is 0 Å². The van der Waals surface area contributed by atoms with Gasteiger partial charge in [0.25, 0.3) is 0 Å². The third-order valence-corrected chi connectivity index (χ3v) is 3.65. The molecule has 3 rings (SSSR count). The maximum absolute atomic E-state index is 12.4. The van der Waals surface area contributed by atoms with Crippen LogP contribution in [0.1, 0.15) is 12.5 Å². The fraction of sp³-hybridized carbons (Fsp3) is 0.231. The summed E-state index contributed by atoms with van der Waals surface area (Å²) < 4.78 is 41.1. The fourth-order valence-corrected chi connectivity index (χ4v) is 2.84. The Bertz CT molecular complexity index is 678. The summed E-state index contributed by atoms with van der Waals surface area (Å²) in [5.41, 5.74) is 2.93. The van der Waals surface area contributed by atoms with E-state index in [2.05, 4.69) is 14.7 Å². The van der Waals surface area contributed by atoms with Crippen LogP contribution in [0.25, 0.3) is 10.6 Å². The van der Waals surface area contributed by atoms with E-state index in [0.29, 0.717) is 22.7 Å². The molecule has 1 aliphatic rings. The number of alkyl halides is 3. The van der Waals surface area contributed by atoms with Gasteiger partial charge in [-0.2, -0.15) is 0 Å². The van der Waals surface area contributed by atoms with Crippen LogP contribution in [0.3, 0.4) is 0 Å². The van der Waals surface area contributed by atoms with Crippen molar-refractivity contribution < 1.29 is 17.9 Å². The van der Waals surface area contributed by atoms with Crippen molar-refractivity contribution in [1.29, 1.82) is 0 Å². The SMILES string of the molecule is CC1=Nc2cc(OC(F)(F)F)cc(-c3nccs3)c2C1. The molecular weight excluding hydrogens is 289 g/mol. The third kappa shape index (κ3) is 2.53. The number of ether oxygens (including phenoxy) is 1. The van der Waals surface area contributed by atoms with Crippen LogP contribution in [0.2, 0.25) is 0 Å². The van der Waals surface area contributed by atoms with Gasteiger partial charge in [0.1, 0.15) is 10.8 Å². The number of rotatable bonds is 2. The summed E-state index contributed by atoms with van der Waals surface area (Å²) in [6, 6.07) is 2.69. The summed E-state index contributed by atoms with van der Waals surface area (Å²) >= 11 is 1.37. The van der Waals surface area contributed by atoms with Crippen LogP contribution in [-0.4, -0.2) is 17.1 Å². The summed E-state index contributed by atoms with van der Waals surface area (Å²) in [5.74, 6) is -0.264. The van der Waals surface area contributed by atoms with Crippen molar-refractivity contribution in [3.05, 3.63) is 29.3 Å². The number of fused-ring (bicyclic) bond motifs is 1. The van der Waals surface area contributed by atoms with Gasteiger partial charge in [0, 0.05) is 35.3 Å². The summed E-state index contributed by atoms with van der Waals surface area (Å²) in [7, 11) is 0. The Morgan fingerprint density at radius 3 is 2.75 bits per heavy atom. The lowest BCUT2D eigenvalue weighted by atomic mass is 10.0. The number of hydrogen-bond donors (Lipinski definition) is 0. The summed E-state index contributed by atoms with van der Waals surface area (Å²) in [6.45, 7) is 1.84. The van der Waals surface area contributed by atoms with E-state index in [9.17, 15) is 13.2 Å². The number of benzene rings is 1. The van der Waals surface area contributed by atoms with Crippen molar-refractivity contribution in [3.63, 3.8) is 0 Å². The number of aliphatic imine (C=N–C) groups is 1. The van der Waals surface area contributed by atoms with Crippen molar-refractivity contribution in [3.8, 4) is 16.3 Å². The van der Waals surface area contributed by atoms with E-state index < -0.39 is 6.36 Å². The van der Waals surface area contributed by atoms with E-state index in [4.69, 9.17) is 0 Å². The first kappa shape index (κ1) is 13.1. The average Bonchev–Trinajstić information content (AvgIpc) is 2.93. The van der Waals surface area contributed by atoms with Crippen LogP contribution in [0.5, 0.6) is 5.75 Å². The highest BCUT2D eigenvalue weighted by Gasteiger charge is 2.32. The van der Waals surface area contributed by atoms with Crippen molar-refractivity contribution in [1.82, 2.24) is 4.98 Å². The van der Waals surface area contributed by atoms with Gasteiger partial charge in [-0.1, -0.05) is 0 Å². The second kappa shape index (κ2) is 4.59. The maximum atomic E-state index is 12.4. The zero-order valence-electron chi connectivity index (χ0n) is 10.4. The highest BCUT2D eigenvalue weighted by molar-refractivity contribution is 7.13. The molecule has 0 fully saturated rings. The molecule has 1 aromatic carbocycles. The molecule has 1 aliphatic heterocycles. The Labute approximate surface area is 116 Å². The van der Waals surface area contributed by atoms with Gasteiger partial charge < -0.3 is 4.74 Å². The van der Waals surface area contributed by atoms with Crippen molar-refractivity contribution in [2.75, 3.05) is 0 Å². The first-order valence-electron chi connectivity index (χ1n) is 5.79. The Balaban J connectivity index is 2.11. The second-order valence-electron chi connectivity index (χ2n) is 4.38. The van der Waals surface area contributed by atoms with Gasteiger partial charge in [-0.3, -0.25) is 4.99 Å². The van der Waals surface area contributed by atoms with E-state index in [-0.39, 0.29) is 5.75 Å². The molecule has 0 saturated heterocycles. The van der Waals surface area contributed by atoms with Gasteiger partial charge in [0.05, 0.1) is 5.69 Å². The normalized spacial score (nSPS) is 14.1. The molecule has 7 heteroatoms. The van der Waals surface area contributed by atoms with E-state index in [1.54, 1.807) is 11.6 Å². The minimum atomic E-state index is -4.72. The predicted molar refractivity (Wildman–Crippen MR) is 70.7 cm³/mol. The Morgan fingerprint density at radius 2 is 2.10 bits per heavy atom. The Morgan fingerprint density at radius 1 is 1.30 bits per heavy atom. The van der Waals surface area contributed by atoms with Crippen LogP contribution in [0.4, 0.5) is 18.9 Å². The lowest BCUT2D eigenvalue weighted by Crippen LogP contribution is -2.17. The van der Waals surface area contributed by atoms with Gasteiger partial charge in [-0.15, -0.1) is 24.5 Å². The molecular formula is C13H9F3N2OS. The molecule has 0 amide bonds. The molecule has 0 unspecified atom stereocenters. The predicted octanol–water partition coefficient (Wildman–Crippen LogP) is 4.36. The zero-order chi connectivity index (χ0) is 14.3. The number of hydrogen-bond acceptors (Lipinski definition) is 4. The van der Waals surface area contributed by atoms with E-state index in [1.807, 2.05) is 6.92 Å². The molecule has 1 aromatic heterocycles. The second-order valence-corrected chi connectivity index (χ2v) is 5.27. The van der Waals surface area contributed by atoms with Crippen LogP contribution in [0.15, 0.2) is 28.7 Å². The van der Waals surface area contributed by atoms with Gasteiger partial charge >= 0.3 is 6.36 Å². The van der Waals surface area contributed by atoms with Crippen LogP contribution in [0, 0.1) is 0 Å². The topological polar surface area (TPSA) is 34.5 Å². The van der Waals surface area contributed by atoms with Crippen LogP contribution >= 0.6 is 11.3 Å². The van der Waals surface area contributed by atoms with Crippen molar-refractivity contribution >= 4 is 22.7 Å². The molecule has 0 saturated carbocycles. The monoisotopic (exact) mass is 298 g/mol. The lowest BCUT2D eigenvalue weighted by molar-refractivity contribution is -0.274. The molecule has 2 heterocycles. The molecule has 2 aromatic rings. The van der Waals surface area contributed by atoms with Crippen LogP contribution in [-0.2, 0) is 6.42 Å². The number of thiazole rings is 1. The van der Waals surface area contributed by atoms with Crippen molar-refractivity contribution in [2.24, 2.45) is 4.99 Å². The lowest BCUT2D eigenvalue weighted by Gasteiger charge is -2.12. The van der Waals surface area contributed by atoms with Crippen molar-refractivity contribution in [2.45, 2.75) is 19.7 Å². The molecule has 0 atom stereocenters. The summed E-state index contributed by atoms with van der Waals surface area (Å²) in [6.07, 6.45) is -2.48. The molecule has 0 N–H and O–H groups in total. The first-order valence-corrected chi connectivity index (χ1v) is 6.67. The Kier molecular flexibility index (Phi) is 3.01. The fourth-order valence-electron chi connectivity index (χ4n) is 2.16. The molecule has 3 nitrogen and oxygen atoms in total. The van der Waals surface area contributed by atoms with Crippen LogP contribution < -0.4 is 4.74 Å². The summed E-state index contributed by atoms with van der Waals surface area (Å²) in [5, 5.41) is 2.44. The highest BCUT2D eigenvalue weighted by atomic mass is 32.1. The minimum absolute atomic E-state index is 0.264. The molecule has 0 spiro atoms. The molecule has 0 bridgehead atoms. The molecule has 0 aliphatic carbocycles. The van der Waals surface area contributed by atoms with Gasteiger partial charge in [0.15, 0.2) is 0 Å². The van der Waals surface area contributed by atoms with Gasteiger partial charge in [-0.05, 0) is 18.6 Å². The largest absolute Gasteiger partial charge is 0.573 e. The van der Waals surface area contributed by atoms with E-state index in [1.165, 1.54) is 23.5 Å². The smallest absolute Gasteiger partial charge is 0.406 e. The third-order valence-electron chi connectivity index (χ3n) is 2.84. The average molecular weight is 298 g/mol. The number of halogens is 3. The molecule has 20 heavy (non-hydrogen) atoms. The molecule has 0 radical (unpaired) electrons. The zero-order valence-corrected chi connectivity index (χ0v) is 11.2. The first-order chi connectivity index (χ1) is 9.42. The number of nitrogens with zero attached hydrogens (tertiary/aromatic N) is 2. The van der Waals surface area contributed by atoms with E-state index in [0.717, 1.165) is 11.3 Å². The van der Waals surface area contributed by atoms with Gasteiger partial charge in [-0.25, -0.2) is 4.98 Å². The highest BCUT2D eigenvalue weighted by Crippen LogP contribution is 2.41. The standard InChI is InChI=1S/C13H9F3N2OS/c1-7-4-9-10(12-17-2-3-20-12)5-8(6-11(9)18-7)19-13(14,15)16/h2-3,5-6H,4H2,1H3. The maximum Gasteiger partial charge on any atom is 0.573 e. The molecule has 104 valence electrons. The minimum Gasteiger partial charge on any atom is -0.406 e. The number of aromatic nitrogens is 1. The summed E-state index contributed by atoms with van der Waals surface area (Å²) in [4.78, 5) is 8.42.